The Balaban J connectivity index is 1.90. The Kier molecular flexibility index (Phi) is 2.75. The Morgan fingerprint density at radius 2 is 2.21 bits per heavy atom. The zero-order valence-corrected chi connectivity index (χ0v) is 10.5. The number of benzene rings is 1. The van der Waals surface area contributed by atoms with Crippen LogP contribution in [0, 0.1) is 0 Å². The normalized spacial score (nSPS) is 10.8. The Morgan fingerprint density at radius 3 is 3.00 bits per heavy atom. The summed E-state index contributed by atoms with van der Waals surface area (Å²) in [4.78, 5) is 8.48. The number of hydrogen-bond donors (Lipinski definition) is 2. The van der Waals surface area contributed by atoms with Gasteiger partial charge in [0.1, 0.15) is 12.1 Å². The summed E-state index contributed by atoms with van der Waals surface area (Å²) in [6.45, 7) is 0.661. The van der Waals surface area contributed by atoms with E-state index in [2.05, 4.69) is 20.4 Å². The lowest BCUT2D eigenvalue weighted by atomic mass is 10.2. The number of nitrogen functional groups attached to an aromatic ring is 1. The van der Waals surface area contributed by atoms with E-state index >= 15 is 0 Å². The number of aryl methyl sites for hydroxylation is 1. The molecule has 0 amide bonds. The van der Waals surface area contributed by atoms with Gasteiger partial charge >= 0.3 is 0 Å². The number of fused-ring (bicyclic) bond motifs is 1. The number of rotatable bonds is 3. The molecule has 96 valence electrons. The van der Waals surface area contributed by atoms with Gasteiger partial charge in [-0.25, -0.2) is 9.97 Å². The van der Waals surface area contributed by atoms with E-state index in [1.54, 1.807) is 11.0 Å². The third-order valence-corrected chi connectivity index (χ3v) is 2.88. The van der Waals surface area contributed by atoms with E-state index in [4.69, 9.17) is 5.73 Å². The molecule has 3 aromatic rings. The first-order chi connectivity index (χ1) is 9.22. The Hall–Kier alpha value is -2.63. The van der Waals surface area contributed by atoms with E-state index in [0.717, 1.165) is 22.3 Å². The molecule has 0 aliphatic heterocycles. The molecule has 19 heavy (non-hydrogen) atoms. The molecule has 0 unspecified atom stereocenters. The van der Waals surface area contributed by atoms with Crippen LogP contribution >= 0.6 is 0 Å². The van der Waals surface area contributed by atoms with Gasteiger partial charge in [-0.15, -0.1) is 0 Å². The van der Waals surface area contributed by atoms with Crippen molar-refractivity contribution in [1.82, 2.24) is 19.7 Å². The van der Waals surface area contributed by atoms with Crippen LogP contribution in [-0.2, 0) is 13.6 Å². The second-order valence-electron chi connectivity index (χ2n) is 4.37. The lowest BCUT2D eigenvalue weighted by molar-refractivity contribution is 0.767. The summed E-state index contributed by atoms with van der Waals surface area (Å²) in [5.41, 5.74) is 8.48. The Morgan fingerprint density at radius 1 is 1.32 bits per heavy atom. The van der Waals surface area contributed by atoms with Crippen molar-refractivity contribution < 1.29 is 0 Å². The number of anilines is 2. The van der Waals surface area contributed by atoms with Crippen LogP contribution < -0.4 is 11.1 Å². The maximum atomic E-state index is 5.81. The molecule has 0 bridgehead atoms. The smallest absolute Gasteiger partial charge is 0.137 e. The summed E-state index contributed by atoms with van der Waals surface area (Å²) in [6.07, 6.45) is 5.33. The Labute approximate surface area is 110 Å². The van der Waals surface area contributed by atoms with Crippen LogP contribution in [-0.4, -0.2) is 19.7 Å². The summed E-state index contributed by atoms with van der Waals surface area (Å²) < 4.78 is 1.77. The SMILES string of the molecule is Cn1cc(CNc2ncnc3ccc(N)cc23)cn1. The van der Waals surface area contributed by atoms with Gasteiger partial charge < -0.3 is 11.1 Å². The number of aromatic nitrogens is 4. The number of nitrogens with zero attached hydrogens (tertiary/aromatic N) is 4. The molecule has 6 heteroatoms. The fourth-order valence-electron chi connectivity index (χ4n) is 1.96. The van der Waals surface area contributed by atoms with Gasteiger partial charge in [0, 0.05) is 36.4 Å². The molecule has 0 fully saturated rings. The number of nitrogens with two attached hydrogens (primary N) is 1. The lowest BCUT2D eigenvalue weighted by Gasteiger charge is -2.07. The van der Waals surface area contributed by atoms with Gasteiger partial charge in [0.05, 0.1) is 11.7 Å². The fourth-order valence-corrected chi connectivity index (χ4v) is 1.96. The van der Waals surface area contributed by atoms with E-state index in [0.29, 0.717) is 12.2 Å². The second kappa shape index (κ2) is 4.56. The van der Waals surface area contributed by atoms with Gasteiger partial charge in [-0.2, -0.15) is 5.10 Å². The molecule has 0 atom stereocenters. The van der Waals surface area contributed by atoms with Crippen LogP contribution in [0.15, 0.2) is 36.9 Å². The first-order valence-corrected chi connectivity index (χ1v) is 5.94. The maximum Gasteiger partial charge on any atom is 0.137 e. The van der Waals surface area contributed by atoms with Crippen molar-refractivity contribution in [2.24, 2.45) is 7.05 Å². The molecule has 0 aliphatic rings. The summed E-state index contributed by atoms with van der Waals surface area (Å²) in [7, 11) is 1.89. The van der Waals surface area contributed by atoms with Gasteiger partial charge in [-0.3, -0.25) is 4.68 Å². The minimum atomic E-state index is 0.661. The van der Waals surface area contributed by atoms with E-state index in [1.165, 1.54) is 0 Å². The largest absolute Gasteiger partial charge is 0.399 e. The topological polar surface area (TPSA) is 81.7 Å². The van der Waals surface area contributed by atoms with Crippen LogP contribution in [0.25, 0.3) is 10.9 Å². The minimum absolute atomic E-state index is 0.661. The monoisotopic (exact) mass is 254 g/mol. The Bertz CT molecular complexity index is 718. The van der Waals surface area contributed by atoms with Crippen molar-refractivity contribution in [2.45, 2.75) is 6.54 Å². The standard InChI is InChI=1S/C13H14N6/c1-19-7-9(6-18-19)5-15-13-11-4-10(14)2-3-12(11)16-8-17-13/h2-4,6-8H,5,14H2,1H3,(H,15,16,17). The highest BCUT2D eigenvalue weighted by Crippen LogP contribution is 2.21. The number of nitrogens with one attached hydrogen (secondary N) is 1. The van der Waals surface area contributed by atoms with Crippen LogP contribution in [0.3, 0.4) is 0 Å². The first kappa shape index (κ1) is 11.5. The van der Waals surface area contributed by atoms with Gasteiger partial charge in [0.15, 0.2) is 0 Å². The molecule has 3 rings (SSSR count). The molecule has 0 spiro atoms. The van der Waals surface area contributed by atoms with E-state index in [1.807, 2.05) is 37.6 Å². The molecule has 2 aromatic heterocycles. The maximum absolute atomic E-state index is 5.81. The average molecular weight is 254 g/mol. The zero-order valence-electron chi connectivity index (χ0n) is 10.5. The highest BCUT2D eigenvalue weighted by molar-refractivity contribution is 5.91. The van der Waals surface area contributed by atoms with Crippen LogP contribution in [0.5, 0.6) is 0 Å². The molecule has 3 N–H and O–H groups in total. The lowest BCUT2D eigenvalue weighted by Crippen LogP contribution is -2.02. The van der Waals surface area contributed by atoms with Gasteiger partial charge in [0.25, 0.3) is 0 Å². The molecule has 0 saturated carbocycles. The minimum Gasteiger partial charge on any atom is -0.399 e. The van der Waals surface area contributed by atoms with Crippen LogP contribution in [0.4, 0.5) is 11.5 Å². The summed E-state index contributed by atoms with van der Waals surface area (Å²) >= 11 is 0. The average Bonchev–Trinajstić information content (AvgIpc) is 2.82. The highest BCUT2D eigenvalue weighted by Gasteiger charge is 2.04. The molecule has 0 radical (unpaired) electrons. The van der Waals surface area contributed by atoms with Crippen molar-refractivity contribution in [1.29, 1.82) is 0 Å². The highest BCUT2D eigenvalue weighted by atomic mass is 15.2. The van der Waals surface area contributed by atoms with Crippen molar-refractivity contribution in [3.8, 4) is 0 Å². The van der Waals surface area contributed by atoms with Crippen molar-refractivity contribution in [2.75, 3.05) is 11.1 Å². The van der Waals surface area contributed by atoms with Crippen molar-refractivity contribution in [3.63, 3.8) is 0 Å². The predicted molar refractivity (Wildman–Crippen MR) is 74.5 cm³/mol. The zero-order chi connectivity index (χ0) is 13.2. The van der Waals surface area contributed by atoms with Crippen LogP contribution in [0.1, 0.15) is 5.56 Å². The predicted octanol–water partition coefficient (Wildman–Crippen LogP) is 1.56. The van der Waals surface area contributed by atoms with Gasteiger partial charge in [0.2, 0.25) is 0 Å². The molecule has 0 saturated heterocycles. The van der Waals surface area contributed by atoms with E-state index in [9.17, 15) is 0 Å². The molecular formula is C13H14N6. The van der Waals surface area contributed by atoms with Gasteiger partial charge in [-0.05, 0) is 18.2 Å². The molecule has 2 heterocycles. The van der Waals surface area contributed by atoms with Crippen LogP contribution in [0.2, 0.25) is 0 Å². The summed E-state index contributed by atoms with van der Waals surface area (Å²) in [6, 6.07) is 5.60. The molecule has 0 aliphatic carbocycles. The fraction of sp³-hybridized carbons (Fsp3) is 0.154. The van der Waals surface area contributed by atoms with E-state index in [-0.39, 0.29) is 0 Å². The second-order valence-corrected chi connectivity index (χ2v) is 4.37. The van der Waals surface area contributed by atoms with Crippen molar-refractivity contribution >= 4 is 22.4 Å². The summed E-state index contributed by atoms with van der Waals surface area (Å²) in [5.74, 6) is 0.779. The molecular weight excluding hydrogens is 240 g/mol. The first-order valence-electron chi connectivity index (χ1n) is 5.94. The summed E-state index contributed by atoms with van der Waals surface area (Å²) in [5, 5.41) is 8.34. The number of hydrogen-bond acceptors (Lipinski definition) is 5. The van der Waals surface area contributed by atoms with Gasteiger partial charge in [-0.1, -0.05) is 0 Å². The van der Waals surface area contributed by atoms with E-state index < -0.39 is 0 Å². The third kappa shape index (κ3) is 2.33. The van der Waals surface area contributed by atoms with Crippen molar-refractivity contribution in [3.05, 3.63) is 42.5 Å². The molecule has 1 aromatic carbocycles. The quantitative estimate of drug-likeness (QED) is 0.693. The molecule has 6 nitrogen and oxygen atoms in total. The third-order valence-electron chi connectivity index (χ3n) is 2.88.